The Morgan fingerprint density at radius 2 is 1.58 bits per heavy atom. The Kier molecular flexibility index (Phi) is 2.51. The third-order valence-corrected chi connectivity index (χ3v) is 1.67. The molecule has 1 rings (SSSR count). The van der Waals surface area contributed by atoms with Gasteiger partial charge in [0.2, 0.25) is 11.8 Å². The minimum Gasteiger partial charge on any atom is -0.326 e. The highest BCUT2D eigenvalue weighted by Crippen LogP contribution is 2.09. The van der Waals surface area contributed by atoms with Crippen LogP contribution in [-0.2, 0) is 9.59 Å². The third-order valence-electron chi connectivity index (χ3n) is 1.67. The van der Waals surface area contributed by atoms with E-state index in [1.54, 1.807) is 6.07 Å². The van der Waals surface area contributed by atoms with Crippen molar-refractivity contribution < 1.29 is 31.2 Å². The van der Waals surface area contributed by atoms with Crippen LogP contribution in [0.4, 0.5) is 5.69 Å². The normalized spacial score (nSPS) is 23.8. The van der Waals surface area contributed by atoms with E-state index in [0.29, 0.717) is 0 Å². The Morgan fingerprint density at radius 3 is 2.16 bits per heavy atom. The molecule has 0 bridgehead atoms. The molecular weight excluding hydrogens is 244 g/mol. The smallest absolute Gasteiger partial charge is 0.243 e. The maximum atomic E-state index is 12.4. The van der Waals surface area contributed by atoms with Crippen LogP contribution in [0.2, 0.25) is 0 Å². The molecule has 1 aromatic rings. The van der Waals surface area contributed by atoms with E-state index in [0.717, 1.165) is 5.48 Å². The van der Waals surface area contributed by atoms with Gasteiger partial charge in [0.15, 0.2) is 0 Å². The molecule has 0 heterocycles. The zero-order valence-corrected chi connectivity index (χ0v) is 9.65. The van der Waals surface area contributed by atoms with Gasteiger partial charge in [-0.1, -0.05) is 30.9 Å². The Morgan fingerprint density at radius 1 is 1.00 bits per heavy atom. The molecule has 0 saturated heterocycles. The van der Waals surface area contributed by atoms with Crippen LogP contribution in [0.25, 0.3) is 0 Å². The second kappa shape index (κ2) is 9.10. The van der Waals surface area contributed by atoms with Crippen molar-refractivity contribution in [2.75, 3.05) is 5.32 Å². The van der Waals surface area contributed by atoms with Gasteiger partial charge >= 0.3 is 0 Å². The van der Waals surface area contributed by atoms with Gasteiger partial charge in [0.1, 0.15) is 0 Å². The molecule has 0 atom stereocenters. The summed E-state index contributed by atoms with van der Waals surface area (Å²) in [4.78, 5) is 23.9. The summed E-state index contributed by atoms with van der Waals surface area (Å²) < 4.78 is 93.3. The van der Waals surface area contributed by atoms with Crippen LogP contribution < -0.4 is 10.8 Å². The lowest BCUT2D eigenvalue weighted by atomic mass is 10.1. The van der Waals surface area contributed by atoms with Crippen molar-refractivity contribution >= 4 is 17.5 Å². The summed E-state index contributed by atoms with van der Waals surface area (Å²) in [6.45, 7) is 0. The maximum absolute atomic E-state index is 12.4. The molecule has 5 nitrogen and oxygen atoms in total. The third kappa shape index (κ3) is 7.21. The Balaban J connectivity index is 3.46. The van der Waals surface area contributed by atoms with Crippen molar-refractivity contribution in [1.82, 2.24) is 5.48 Å². The fraction of sp³-hybridized carbons (Fsp3) is 0.429. The number of hydrogen-bond acceptors (Lipinski definition) is 3. The minimum atomic E-state index is -4.24. The first-order valence-corrected chi connectivity index (χ1v) is 5.04. The fourth-order valence-electron chi connectivity index (χ4n) is 0.950. The SMILES string of the molecule is [2H]C([2H])(C(=O)NO)C([2H])([2H])C([2H])([2H])C([2H])([2H])C([2H])([2H])C([2H])([2H])C(=O)Nc1ccccc1. The number of nitrogens with one attached hydrogen (secondary N) is 2. The van der Waals surface area contributed by atoms with Gasteiger partial charge < -0.3 is 5.32 Å². The predicted octanol–water partition coefficient (Wildman–Crippen LogP) is 2.47. The van der Waals surface area contributed by atoms with Gasteiger partial charge in [0, 0.05) is 34.9 Å². The standard InChI is InChI=1S/C14H20N2O3/c17-13(15-12-8-4-3-5-9-12)10-6-1-2-7-11-14(18)16-19/h3-5,8-9,19H,1-2,6-7,10-11H2,(H,15,17)(H,16,18)/i1D2,2D2,6D2,7D2,10D2,11D2. The average Bonchev–Trinajstić information content (AvgIpc) is 2.67. The van der Waals surface area contributed by atoms with E-state index in [9.17, 15) is 9.59 Å². The van der Waals surface area contributed by atoms with Gasteiger partial charge in [0.05, 0.1) is 0 Å². The number of amides is 2. The highest BCUT2D eigenvalue weighted by Gasteiger charge is 2.02. The summed E-state index contributed by atoms with van der Waals surface area (Å²) in [5.74, 6) is -3.79. The summed E-state index contributed by atoms with van der Waals surface area (Å²) in [7, 11) is 0. The van der Waals surface area contributed by atoms with Crippen LogP contribution in [0, 0.1) is 0 Å². The molecule has 0 aliphatic heterocycles. The molecule has 104 valence electrons. The molecule has 0 aliphatic rings. The van der Waals surface area contributed by atoms with Gasteiger partial charge in [-0.15, -0.1) is 0 Å². The molecule has 1 aromatic carbocycles. The van der Waals surface area contributed by atoms with E-state index in [-0.39, 0.29) is 5.69 Å². The lowest BCUT2D eigenvalue weighted by Gasteiger charge is -2.04. The van der Waals surface area contributed by atoms with Gasteiger partial charge in [-0.3, -0.25) is 14.8 Å². The number of hydrogen-bond donors (Lipinski definition) is 3. The van der Waals surface area contributed by atoms with E-state index in [2.05, 4.69) is 0 Å². The average molecular weight is 276 g/mol. The van der Waals surface area contributed by atoms with Gasteiger partial charge in [-0.05, 0) is 24.9 Å². The van der Waals surface area contributed by atoms with E-state index >= 15 is 0 Å². The highest BCUT2D eigenvalue weighted by molar-refractivity contribution is 5.90. The molecule has 19 heavy (non-hydrogen) atoms. The lowest BCUT2D eigenvalue weighted by molar-refractivity contribution is -0.129. The van der Waals surface area contributed by atoms with Crippen molar-refractivity contribution in [3.05, 3.63) is 30.3 Å². The number of rotatable bonds is 8. The molecular formula is C14H20N2O3. The van der Waals surface area contributed by atoms with Crippen molar-refractivity contribution in [2.24, 2.45) is 0 Å². The zero-order valence-electron chi connectivity index (χ0n) is 21.7. The predicted molar refractivity (Wildman–Crippen MR) is 72.7 cm³/mol. The lowest BCUT2D eigenvalue weighted by Crippen LogP contribution is -2.17. The number of para-hydroxylation sites is 1. The number of carbonyl (C=O) groups is 2. The Labute approximate surface area is 129 Å². The van der Waals surface area contributed by atoms with Gasteiger partial charge in [-0.25, -0.2) is 5.48 Å². The quantitative estimate of drug-likeness (QED) is 0.504. The van der Waals surface area contributed by atoms with E-state index in [4.69, 9.17) is 21.7 Å². The molecule has 0 aliphatic carbocycles. The maximum Gasteiger partial charge on any atom is 0.243 e. The van der Waals surface area contributed by atoms with Crippen molar-refractivity contribution in [1.29, 1.82) is 0 Å². The Hall–Kier alpha value is -1.88. The first-order chi connectivity index (χ1) is 13.7. The van der Waals surface area contributed by atoms with Crippen LogP contribution in [-0.4, -0.2) is 17.0 Å². The van der Waals surface area contributed by atoms with Crippen LogP contribution in [0.1, 0.15) is 54.7 Å². The molecule has 5 heteroatoms. The summed E-state index contributed by atoms with van der Waals surface area (Å²) >= 11 is 0. The van der Waals surface area contributed by atoms with Crippen molar-refractivity contribution in [3.8, 4) is 0 Å². The molecule has 0 radical (unpaired) electrons. The molecule has 3 N–H and O–H groups in total. The number of anilines is 1. The summed E-state index contributed by atoms with van der Waals surface area (Å²) in [5, 5.41) is 10.6. The molecule has 0 aromatic heterocycles. The Bertz CT molecular complexity index is 829. The number of carbonyl (C=O) groups excluding carboxylic acids is 2. The second-order valence-electron chi connectivity index (χ2n) is 3.01. The van der Waals surface area contributed by atoms with E-state index in [1.807, 2.05) is 5.32 Å². The molecule has 0 unspecified atom stereocenters. The van der Waals surface area contributed by atoms with Gasteiger partial charge in [-0.2, -0.15) is 0 Å². The molecule has 2 amide bonds. The van der Waals surface area contributed by atoms with Gasteiger partial charge in [0.25, 0.3) is 0 Å². The fourth-order valence-corrected chi connectivity index (χ4v) is 0.950. The minimum absolute atomic E-state index is 0.0158. The van der Waals surface area contributed by atoms with Crippen molar-refractivity contribution in [3.63, 3.8) is 0 Å². The van der Waals surface area contributed by atoms with Crippen molar-refractivity contribution in [2.45, 2.75) is 38.2 Å². The molecule has 0 saturated carbocycles. The largest absolute Gasteiger partial charge is 0.326 e. The van der Waals surface area contributed by atoms with Crippen LogP contribution in [0.3, 0.4) is 0 Å². The monoisotopic (exact) mass is 276 g/mol. The first-order valence-electron chi connectivity index (χ1n) is 11.0. The molecule has 0 spiro atoms. The summed E-state index contributed by atoms with van der Waals surface area (Å²) in [6, 6.07) is 7.12. The van der Waals surface area contributed by atoms with E-state index in [1.165, 1.54) is 24.3 Å². The van der Waals surface area contributed by atoms with Crippen LogP contribution >= 0.6 is 0 Å². The van der Waals surface area contributed by atoms with E-state index < -0.39 is 50.1 Å². The second-order valence-corrected chi connectivity index (χ2v) is 3.01. The highest BCUT2D eigenvalue weighted by atomic mass is 16.5. The summed E-state index contributed by atoms with van der Waals surface area (Å²) in [5.41, 5.74) is 0.790. The number of benzene rings is 1. The van der Waals surface area contributed by atoms with Crippen LogP contribution in [0.15, 0.2) is 30.3 Å². The first kappa shape index (κ1) is 5.25. The summed E-state index contributed by atoms with van der Waals surface area (Å²) in [6.07, 6.45) is -24.4. The van der Waals surface area contributed by atoms with Crippen LogP contribution in [0.5, 0.6) is 0 Å². The number of hydroxylamine groups is 1. The zero-order chi connectivity index (χ0) is 24.7. The topological polar surface area (TPSA) is 78.4 Å². The molecule has 0 fully saturated rings.